The molecule has 27 heavy (non-hydrogen) atoms. The van der Waals surface area contributed by atoms with Gasteiger partial charge in [-0.05, 0) is 41.5 Å². The Hall–Kier alpha value is -2.57. The highest BCUT2D eigenvalue weighted by Crippen LogP contribution is 2.34. The highest BCUT2D eigenvalue weighted by Gasteiger charge is 2.32. The first kappa shape index (κ1) is 17.8. The van der Waals surface area contributed by atoms with Crippen molar-refractivity contribution in [1.29, 1.82) is 0 Å². The third kappa shape index (κ3) is 3.77. The van der Waals surface area contributed by atoms with Crippen LogP contribution < -0.4 is 9.47 Å². The summed E-state index contributed by atoms with van der Waals surface area (Å²) in [6.45, 7) is 0.893. The molecule has 0 N–H and O–H groups in total. The fraction of sp³-hybridized carbons (Fsp3) is 0.143. The summed E-state index contributed by atoms with van der Waals surface area (Å²) >= 11 is 6.76. The van der Waals surface area contributed by atoms with Crippen molar-refractivity contribution in [1.82, 2.24) is 4.90 Å². The predicted octanol–water partition coefficient (Wildman–Crippen LogP) is 4.42. The van der Waals surface area contributed by atoms with E-state index in [1.54, 1.807) is 12.0 Å². The molecule has 4 rings (SSSR count). The van der Waals surface area contributed by atoms with E-state index in [9.17, 15) is 4.79 Å². The van der Waals surface area contributed by atoms with E-state index in [4.69, 9.17) is 21.7 Å². The van der Waals surface area contributed by atoms with Gasteiger partial charge in [0.05, 0.1) is 18.6 Å². The molecule has 1 saturated heterocycles. The van der Waals surface area contributed by atoms with E-state index >= 15 is 0 Å². The van der Waals surface area contributed by atoms with Gasteiger partial charge in [0.25, 0.3) is 5.91 Å². The number of methoxy groups -OCH3 is 1. The van der Waals surface area contributed by atoms with Crippen molar-refractivity contribution in [3.05, 3.63) is 76.2 Å². The zero-order valence-electron chi connectivity index (χ0n) is 14.7. The summed E-state index contributed by atoms with van der Waals surface area (Å²) in [5.74, 6) is 1.58. The van der Waals surface area contributed by atoms with E-state index in [-0.39, 0.29) is 5.91 Å². The Morgan fingerprint density at radius 3 is 2.78 bits per heavy atom. The summed E-state index contributed by atoms with van der Waals surface area (Å²) < 4.78 is 11.5. The van der Waals surface area contributed by atoms with Gasteiger partial charge in [-0.25, -0.2) is 0 Å². The summed E-state index contributed by atoms with van der Waals surface area (Å²) in [6.07, 6.45) is 3.93. The normalized spacial score (nSPS) is 17.6. The molecule has 2 aliphatic heterocycles. The number of rotatable bonds is 4. The van der Waals surface area contributed by atoms with Crippen molar-refractivity contribution in [3.63, 3.8) is 0 Å². The molecule has 0 aliphatic carbocycles. The van der Waals surface area contributed by atoms with Crippen LogP contribution in [0.3, 0.4) is 0 Å². The van der Waals surface area contributed by atoms with Gasteiger partial charge in [-0.15, -0.1) is 0 Å². The Kier molecular flexibility index (Phi) is 5.01. The highest BCUT2D eigenvalue weighted by atomic mass is 32.2. The van der Waals surface area contributed by atoms with Crippen molar-refractivity contribution < 1.29 is 14.3 Å². The Balaban J connectivity index is 1.52. The maximum Gasteiger partial charge on any atom is 0.266 e. The number of thioether (sulfide) groups is 1. The zero-order chi connectivity index (χ0) is 18.8. The molecule has 0 saturated carbocycles. The van der Waals surface area contributed by atoms with Crippen LogP contribution in [-0.4, -0.2) is 28.8 Å². The number of para-hydroxylation sites is 1. The molecule has 0 spiro atoms. The summed E-state index contributed by atoms with van der Waals surface area (Å²) in [5.41, 5.74) is 2.98. The Labute approximate surface area is 167 Å². The maximum absolute atomic E-state index is 12.8. The Morgan fingerprint density at radius 2 is 2.00 bits per heavy atom. The smallest absolute Gasteiger partial charge is 0.266 e. The average Bonchev–Trinajstić information content (AvgIpc) is 2.96. The number of nitrogens with zero attached hydrogens (tertiary/aromatic N) is 1. The fourth-order valence-corrected chi connectivity index (χ4v) is 4.21. The van der Waals surface area contributed by atoms with Gasteiger partial charge in [0.1, 0.15) is 22.4 Å². The van der Waals surface area contributed by atoms with Crippen LogP contribution in [0.25, 0.3) is 6.08 Å². The van der Waals surface area contributed by atoms with Crippen LogP contribution in [0.15, 0.2) is 65.1 Å². The molecular weight excluding hydrogens is 378 g/mol. The molecule has 1 fully saturated rings. The summed E-state index contributed by atoms with van der Waals surface area (Å²) in [7, 11) is 1.63. The number of hydrogen-bond donors (Lipinski definition) is 0. The van der Waals surface area contributed by atoms with E-state index < -0.39 is 0 Å². The lowest BCUT2D eigenvalue weighted by Gasteiger charge is -2.16. The maximum atomic E-state index is 12.8. The van der Waals surface area contributed by atoms with Crippen molar-refractivity contribution in [3.8, 4) is 11.5 Å². The number of hydrogen-bond acceptors (Lipinski definition) is 5. The average molecular weight is 396 g/mol. The highest BCUT2D eigenvalue weighted by molar-refractivity contribution is 8.26. The molecule has 0 aromatic heterocycles. The van der Waals surface area contributed by atoms with Crippen molar-refractivity contribution in [2.45, 2.75) is 6.54 Å². The topological polar surface area (TPSA) is 38.8 Å². The minimum atomic E-state index is -0.0689. The second-order valence-corrected chi connectivity index (χ2v) is 7.84. The molecule has 1 amide bonds. The number of carbonyl (C=O) groups excluding carboxylic acids is 1. The van der Waals surface area contributed by atoms with Crippen molar-refractivity contribution >= 4 is 40.3 Å². The lowest BCUT2D eigenvalue weighted by Crippen LogP contribution is -2.27. The number of amides is 1. The van der Waals surface area contributed by atoms with Crippen LogP contribution in [0.5, 0.6) is 11.5 Å². The largest absolute Gasteiger partial charge is 0.497 e. The molecule has 2 aliphatic rings. The lowest BCUT2D eigenvalue weighted by molar-refractivity contribution is -0.122. The van der Waals surface area contributed by atoms with Crippen LogP contribution in [0.2, 0.25) is 0 Å². The van der Waals surface area contributed by atoms with Gasteiger partial charge >= 0.3 is 0 Å². The van der Waals surface area contributed by atoms with Gasteiger partial charge in [0, 0.05) is 5.56 Å². The molecule has 6 heteroatoms. The number of thiocarbonyl (C=S) groups is 1. The molecule has 2 aromatic rings. The third-order valence-corrected chi connectivity index (χ3v) is 5.72. The first-order chi connectivity index (χ1) is 13.1. The molecule has 0 atom stereocenters. The van der Waals surface area contributed by atoms with Crippen LogP contribution in [0.4, 0.5) is 0 Å². The molecule has 4 nitrogen and oxygen atoms in total. The van der Waals surface area contributed by atoms with Crippen molar-refractivity contribution in [2.24, 2.45) is 0 Å². The molecule has 136 valence electrons. The van der Waals surface area contributed by atoms with Gasteiger partial charge in [-0.3, -0.25) is 9.69 Å². The quantitative estimate of drug-likeness (QED) is 0.566. The van der Waals surface area contributed by atoms with Gasteiger partial charge in [0.15, 0.2) is 0 Å². The fourth-order valence-electron chi connectivity index (χ4n) is 2.94. The second kappa shape index (κ2) is 7.58. The van der Waals surface area contributed by atoms with E-state index in [1.165, 1.54) is 11.8 Å². The van der Waals surface area contributed by atoms with Crippen LogP contribution in [0.1, 0.15) is 11.1 Å². The van der Waals surface area contributed by atoms with E-state index in [2.05, 4.69) is 6.08 Å². The monoisotopic (exact) mass is 395 g/mol. The number of fused-ring (bicyclic) bond motifs is 1. The van der Waals surface area contributed by atoms with Gasteiger partial charge in [-0.1, -0.05) is 54.3 Å². The summed E-state index contributed by atoms with van der Waals surface area (Å²) in [6, 6.07) is 15.5. The first-order valence-electron chi connectivity index (χ1n) is 8.45. The van der Waals surface area contributed by atoms with Gasteiger partial charge in [0.2, 0.25) is 0 Å². The number of carbonyl (C=O) groups is 1. The van der Waals surface area contributed by atoms with Crippen LogP contribution in [-0.2, 0) is 11.3 Å². The predicted molar refractivity (Wildman–Crippen MR) is 112 cm³/mol. The summed E-state index contributed by atoms with van der Waals surface area (Å²) in [5, 5.41) is 0. The van der Waals surface area contributed by atoms with Crippen LogP contribution in [0, 0.1) is 0 Å². The SMILES string of the molecule is COc1ccc(CN2C(=O)/C(=C\C3=Cc4ccccc4OC3)SC2=S)cc1. The zero-order valence-corrected chi connectivity index (χ0v) is 16.3. The minimum Gasteiger partial charge on any atom is -0.497 e. The molecule has 2 aromatic carbocycles. The molecule has 0 bridgehead atoms. The Bertz CT molecular complexity index is 964. The van der Waals surface area contributed by atoms with Crippen molar-refractivity contribution in [2.75, 3.05) is 13.7 Å². The Morgan fingerprint density at radius 1 is 1.22 bits per heavy atom. The third-order valence-electron chi connectivity index (χ3n) is 4.34. The minimum absolute atomic E-state index is 0.0689. The van der Waals surface area contributed by atoms with E-state index in [0.717, 1.165) is 28.2 Å². The lowest BCUT2D eigenvalue weighted by atomic mass is 10.1. The molecule has 0 unspecified atom stereocenters. The molecular formula is C21H17NO3S2. The van der Waals surface area contributed by atoms with Crippen LogP contribution >= 0.6 is 24.0 Å². The molecule has 0 radical (unpaired) electrons. The second-order valence-electron chi connectivity index (χ2n) is 6.16. The number of ether oxygens (including phenoxy) is 2. The summed E-state index contributed by atoms with van der Waals surface area (Å²) in [4.78, 5) is 15.1. The number of benzene rings is 2. The van der Waals surface area contributed by atoms with E-state index in [0.29, 0.717) is 22.4 Å². The van der Waals surface area contributed by atoms with Gasteiger partial charge < -0.3 is 9.47 Å². The molecule has 2 heterocycles. The first-order valence-corrected chi connectivity index (χ1v) is 9.67. The standard InChI is InChI=1S/C21H17NO3S2/c1-24-17-8-6-14(7-9-17)12-22-20(23)19(27-21(22)26)11-15-10-16-4-2-3-5-18(16)25-13-15/h2-11H,12-13H2,1H3/b19-11+. The van der Waals surface area contributed by atoms with E-state index in [1.807, 2.05) is 54.6 Å². The van der Waals surface area contributed by atoms with Gasteiger partial charge in [-0.2, -0.15) is 0 Å².